The molecule has 0 aliphatic heterocycles. The number of ether oxygens (including phenoxy) is 1. The number of phenols is 2. The van der Waals surface area contributed by atoms with Crippen LogP contribution in [0.25, 0.3) is 0 Å². The molecule has 7 heteroatoms. The molecule has 0 fully saturated rings. The van der Waals surface area contributed by atoms with E-state index in [1.54, 1.807) is 18.2 Å². The normalized spacial score (nSPS) is 9.70. The molecule has 2 aromatic carbocycles. The van der Waals surface area contributed by atoms with Crippen LogP contribution in [0.15, 0.2) is 67.8 Å². The minimum atomic E-state index is -0.981. The molecular weight excluding hydrogens is 388 g/mol. The van der Waals surface area contributed by atoms with Gasteiger partial charge in [-0.3, -0.25) is 0 Å². The van der Waals surface area contributed by atoms with Gasteiger partial charge in [0.05, 0.1) is 6.61 Å². The van der Waals surface area contributed by atoms with Gasteiger partial charge in [0, 0.05) is 17.6 Å². The number of hydrogen-bond acceptors (Lipinski definition) is 5. The highest BCUT2D eigenvalue weighted by atomic mass is 16.5. The Morgan fingerprint density at radius 1 is 0.933 bits per heavy atom. The Kier molecular flexibility index (Phi) is 11.1. The van der Waals surface area contributed by atoms with E-state index >= 15 is 0 Å². The van der Waals surface area contributed by atoms with Crippen LogP contribution >= 0.6 is 0 Å². The maximum atomic E-state index is 9.78. The van der Waals surface area contributed by atoms with Gasteiger partial charge in [0.2, 0.25) is 0 Å². The van der Waals surface area contributed by atoms with Crippen molar-refractivity contribution >= 4 is 11.9 Å². The fraction of sp³-hybridized carbons (Fsp3) is 0.217. The second-order valence-corrected chi connectivity index (χ2v) is 6.37. The molecule has 4 N–H and O–H groups in total. The molecule has 0 aromatic heterocycles. The van der Waals surface area contributed by atoms with E-state index in [1.165, 1.54) is 0 Å². The maximum absolute atomic E-state index is 9.78. The molecule has 2 aromatic rings. The number of carboxylic acid groups (broad SMARTS) is 2. The molecule has 0 unspecified atom stereocenters. The second kappa shape index (κ2) is 12.7. The van der Waals surface area contributed by atoms with Crippen molar-refractivity contribution in [3.8, 4) is 17.2 Å². The number of aromatic hydroxyl groups is 2. The Morgan fingerprint density at radius 3 is 1.77 bits per heavy atom. The molecule has 0 saturated carbocycles. The van der Waals surface area contributed by atoms with E-state index < -0.39 is 11.9 Å². The molecule has 0 heterocycles. The molecule has 2 rings (SSSR count). The van der Waals surface area contributed by atoms with Gasteiger partial charge >= 0.3 is 11.9 Å². The minimum Gasteiger partial charge on any atom is -0.508 e. The third-order valence-electron chi connectivity index (χ3n) is 3.92. The summed E-state index contributed by atoms with van der Waals surface area (Å²) in [6.45, 7) is 12.5. The second-order valence-electron chi connectivity index (χ2n) is 6.37. The summed E-state index contributed by atoms with van der Waals surface area (Å²) in [5, 5.41) is 34.4. The van der Waals surface area contributed by atoms with Gasteiger partial charge in [0.1, 0.15) is 5.75 Å². The average molecular weight is 416 g/mol. The van der Waals surface area contributed by atoms with E-state index in [1.807, 2.05) is 31.2 Å². The van der Waals surface area contributed by atoms with Crippen molar-refractivity contribution in [1.29, 1.82) is 0 Å². The zero-order chi connectivity index (χ0) is 23.3. The minimum absolute atomic E-state index is 0.150. The van der Waals surface area contributed by atoms with Crippen molar-refractivity contribution in [3.63, 3.8) is 0 Å². The van der Waals surface area contributed by atoms with Gasteiger partial charge in [-0.25, -0.2) is 9.59 Å². The van der Waals surface area contributed by atoms with Crippen LogP contribution in [-0.4, -0.2) is 39.0 Å². The molecule has 162 valence electrons. The smallest absolute Gasteiger partial charge is 0.327 e. The first-order valence-electron chi connectivity index (χ1n) is 8.96. The van der Waals surface area contributed by atoms with Crippen LogP contribution in [0.5, 0.6) is 17.2 Å². The summed E-state index contributed by atoms with van der Waals surface area (Å²) in [4.78, 5) is 18.5. The van der Waals surface area contributed by atoms with Crippen molar-refractivity contribution in [2.24, 2.45) is 0 Å². The van der Waals surface area contributed by atoms with Gasteiger partial charge in [0.25, 0.3) is 0 Å². The molecule has 30 heavy (non-hydrogen) atoms. The Morgan fingerprint density at radius 2 is 1.37 bits per heavy atom. The first-order chi connectivity index (χ1) is 14.0. The molecule has 0 aliphatic carbocycles. The lowest BCUT2D eigenvalue weighted by Crippen LogP contribution is -2.18. The SMILES string of the molecule is C=CC(=O)O.C=CC(=O)O.CCOc1cc(C(C)(C)c2ccc(O)cc2)ccc1O. The summed E-state index contributed by atoms with van der Waals surface area (Å²) in [7, 11) is 0. The fourth-order valence-corrected chi connectivity index (χ4v) is 2.22. The summed E-state index contributed by atoms with van der Waals surface area (Å²) in [5.74, 6) is -1.06. The van der Waals surface area contributed by atoms with E-state index in [2.05, 4.69) is 27.0 Å². The van der Waals surface area contributed by atoms with Crippen LogP contribution in [0.3, 0.4) is 0 Å². The van der Waals surface area contributed by atoms with E-state index in [-0.39, 0.29) is 16.9 Å². The predicted molar refractivity (Wildman–Crippen MR) is 115 cm³/mol. The Bertz CT molecular complexity index is 834. The fourth-order valence-electron chi connectivity index (χ4n) is 2.22. The molecule has 0 radical (unpaired) electrons. The van der Waals surface area contributed by atoms with E-state index in [0.717, 1.165) is 23.3 Å². The van der Waals surface area contributed by atoms with E-state index in [4.69, 9.17) is 14.9 Å². The van der Waals surface area contributed by atoms with Crippen molar-refractivity contribution in [2.75, 3.05) is 6.61 Å². The third-order valence-corrected chi connectivity index (χ3v) is 3.92. The van der Waals surface area contributed by atoms with Crippen LogP contribution in [-0.2, 0) is 15.0 Å². The highest BCUT2D eigenvalue weighted by Gasteiger charge is 2.24. The van der Waals surface area contributed by atoms with Crippen molar-refractivity contribution in [1.82, 2.24) is 0 Å². The summed E-state index contributed by atoms with van der Waals surface area (Å²) >= 11 is 0. The van der Waals surface area contributed by atoms with Gasteiger partial charge in [-0.05, 0) is 42.3 Å². The zero-order valence-corrected chi connectivity index (χ0v) is 17.3. The lowest BCUT2D eigenvalue weighted by atomic mass is 9.78. The van der Waals surface area contributed by atoms with Gasteiger partial charge in [-0.1, -0.05) is 45.2 Å². The summed E-state index contributed by atoms with van der Waals surface area (Å²) in [5.41, 5.74) is 1.89. The monoisotopic (exact) mass is 416 g/mol. The Labute approximate surface area is 176 Å². The van der Waals surface area contributed by atoms with Crippen LogP contribution in [0, 0.1) is 0 Å². The molecule has 0 atom stereocenters. The Hall–Kier alpha value is -3.74. The number of aliphatic carboxylic acids is 2. The molecule has 0 amide bonds. The van der Waals surface area contributed by atoms with Crippen LogP contribution < -0.4 is 4.74 Å². The zero-order valence-electron chi connectivity index (χ0n) is 17.3. The molecule has 7 nitrogen and oxygen atoms in total. The summed E-state index contributed by atoms with van der Waals surface area (Å²) in [6, 6.07) is 12.6. The van der Waals surface area contributed by atoms with E-state index in [9.17, 15) is 19.8 Å². The number of rotatable bonds is 6. The third kappa shape index (κ3) is 8.97. The number of benzene rings is 2. The lowest BCUT2D eigenvalue weighted by Gasteiger charge is -2.26. The number of carboxylic acids is 2. The first kappa shape index (κ1) is 26.3. The van der Waals surface area contributed by atoms with E-state index in [0.29, 0.717) is 12.4 Å². The molecule has 0 aliphatic rings. The number of hydrogen-bond donors (Lipinski definition) is 4. The largest absolute Gasteiger partial charge is 0.508 e. The van der Waals surface area contributed by atoms with Gasteiger partial charge in [0.15, 0.2) is 11.5 Å². The van der Waals surface area contributed by atoms with Gasteiger partial charge in [-0.2, -0.15) is 0 Å². The highest BCUT2D eigenvalue weighted by Crippen LogP contribution is 2.37. The average Bonchev–Trinajstić information content (AvgIpc) is 2.70. The predicted octanol–water partition coefficient (Wildman–Crippen LogP) is 4.34. The molecular formula is C23H28O7. The van der Waals surface area contributed by atoms with Crippen molar-refractivity contribution in [2.45, 2.75) is 26.2 Å². The van der Waals surface area contributed by atoms with Crippen LogP contribution in [0.4, 0.5) is 0 Å². The van der Waals surface area contributed by atoms with Gasteiger partial charge < -0.3 is 25.2 Å². The topological polar surface area (TPSA) is 124 Å². The van der Waals surface area contributed by atoms with Crippen LogP contribution in [0.2, 0.25) is 0 Å². The van der Waals surface area contributed by atoms with Crippen LogP contribution in [0.1, 0.15) is 31.9 Å². The number of phenolic OH excluding ortho intramolecular Hbond substituents is 2. The Balaban J connectivity index is 0.000000702. The van der Waals surface area contributed by atoms with Gasteiger partial charge in [-0.15, -0.1) is 0 Å². The van der Waals surface area contributed by atoms with Crippen molar-refractivity contribution < 1.29 is 34.8 Å². The molecule has 0 bridgehead atoms. The summed E-state index contributed by atoms with van der Waals surface area (Å²) in [6.07, 6.45) is 1.67. The maximum Gasteiger partial charge on any atom is 0.327 e. The standard InChI is InChI=1S/C17H20O3.2C3H4O2/c1-4-20-16-11-13(7-10-15(16)19)17(2,3)12-5-8-14(18)9-6-12;2*1-2-3(4)5/h5-11,18-19H,4H2,1-3H3;2*2H,1H2,(H,4,5). The molecule has 0 saturated heterocycles. The highest BCUT2D eigenvalue weighted by molar-refractivity contribution is 5.79. The molecule has 0 spiro atoms. The van der Waals surface area contributed by atoms with Crippen molar-refractivity contribution in [3.05, 3.63) is 78.9 Å². The quantitative estimate of drug-likeness (QED) is 0.516. The number of carbonyl (C=O) groups is 2. The first-order valence-corrected chi connectivity index (χ1v) is 8.96. The lowest BCUT2D eigenvalue weighted by molar-refractivity contribution is -0.132. The summed E-state index contributed by atoms with van der Waals surface area (Å²) < 4.78 is 5.44.